The van der Waals surface area contributed by atoms with Gasteiger partial charge in [-0.3, -0.25) is 4.79 Å². The lowest BCUT2D eigenvalue weighted by Crippen LogP contribution is -2.37. The number of halogens is 3. The average Bonchev–Trinajstić information content (AvgIpc) is 3.03. The normalized spacial score (nSPS) is 28.7. The molecule has 1 heterocycles. The Balaban J connectivity index is 1.55. The molecule has 4 nitrogen and oxygen atoms in total. The quantitative estimate of drug-likeness (QED) is 0.727. The molecular weight excluding hydrogens is 311 g/mol. The summed E-state index contributed by atoms with van der Waals surface area (Å²) in [5, 5.41) is 2.74. The fourth-order valence-electron chi connectivity index (χ4n) is 3.22. The molecule has 2 rings (SSSR count). The van der Waals surface area contributed by atoms with Crippen molar-refractivity contribution < 1.29 is 27.4 Å². The number of rotatable bonds is 7. The Morgan fingerprint density at radius 1 is 1.26 bits per heavy atom. The minimum Gasteiger partial charge on any atom is -0.381 e. The molecule has 0 aromatic rings. The van der Waals surface area contributed by atoms with Crippen LogP contribution in [0, 0.1) is 17.8 Å². The molecule has 1 aliphatic carbocycles. The van der Waals surface area contributed by atoms with Crippen molar-refractivity contribution in [1.29, 1.82) is 0 Å². The monoisotopic (exact) mass is 337 g/mol. The van der Waals surface area contributed by atoms with Crippen molar-refractivity contribution >= 4 is 5.91 Å². The lowest BCUT2D eigenvalue weighted by atomic mass is 9.80. The van der Waals surface area contributed by atoms with E-state index in [9.17, 15) is 18.0 Å². The fourth-order valence-corrected chi connectivity index (χ4v) is 3.22. The van der Waals surface area contributed by atoms with Gasteiger partial charge in [0.2, 0.25) is 5.91 Å². The second kappa shape index (κ2) is 8.87. The summed E-state index contributed by atoms with van der Waals surface area (Å²) in [5.41, 5.74) is 0. The van der Waals surface area contributed by atoms with E-state index in [4.69, 9.17) is 9.47 Å². The Morgan fingerprint density at radius 3 is 2.78 bits per heavy atom. The first kappa shape index (κ1) is 18.5. The van der Waals surface area contributed by atoms with Crippen LogP contribution in [0.4, 0.5) is 13.2 Å². The Hall–Kier alpha value is -0.820. The van der Waals surface area contributed by atoms with Crippen LogP contribution >= 0.6 is 0 Å². The summed E-state index contributed by atoms with van der Waals surface area (Å²) in [6.45, 7) is 3.22. The van der Waals surface area contributed by atoms with Crippen molar-refractivity contribution in [3.63, 3.8) is 0 Å². The van der Waals surface area contributed by atoms with Gasteiger partial charge in [0.15, 0.2) is 0 Å². The predicted octanol–water partition coefficient (Wildman–Crippen LogP) is 2.91. The molecule has 1 amide bonds. The Bertz CT molecular complexity index is 370. The summed E-state index contributed by atoms with van der Waals surface area (Å²) in [6, 6.07) is 0. The summed E-state index contributed by atoms with van der Waals surface area (Å²) in [6.07, 6.45) is -1.39. The van der Waals surface area contributed by atoms with Crippen LogP contribution in [0.5, 0.6) is 0 Å². The molecule has 0 bridgehead atoms. The van der Waals surface area contributed by atoms with Gasteiger partial charge < -0.3 is 14.8 Å². The molecule has 0 spiro atoms. The maximum absolute atomic E-state index is 12.7. The topological polar surface area (TPSA) is 47.6 Å². The van der Waals surface area contributed by atoms with E-state index in [-0.39, 0.29) is 18.7 Å². The molecule has 23 heavy (non-hydrogen) atoms. The summed E-state index contributed by atoms with van der Waals surface area (Å²) in [4.78, 5) is 12.0. The van der Waals surface area contributed by atoms with Gasteiger partial charge in [-0.25, -0.2) is 0 Å². The Labute approximate surface area is 135 Å². The highest BCUT2D eigenvalue weighted by Crippen LogP contribution is 2.39. The molecule has 1 aliphatic heterocycles. The Kier molecular flexibility index (Phi) is 7.14. The molecule has 7 heteroatoms. The van der Waals surface area contributed by atoms with Crippen LogP contribution in [0.1, 0.15) is 38.5 Å². The summed E-state index contributed by atoms with van der Waals surface area (Å²) in [7, 11) is 0. The molecule has 0 radical (unpaired) electrons. The van der Waals surface area contributed by atoms with Crippen LogP contribution in [-0.2, 0) is 14.3 Å². The van der Waals surface area contributed by atoms with Crippen LogP contribution in [0.3, 0.4) is 0 Å². The number of carbonyl (C=O) groups is 1. The second-order valence-electron chi connectivity index (χ2n) is 6.55. The molecule has 3 unspecified atom stereocenters. The first-order valence-corrected chi connectivity index (χ1v) is 8.46. The van der Waals surface area contributed by atoms with E-state index < -0.39 is 18.0 Å². The molecule has 0 aromatic carbocycles. The molecule has 134 valence electrons. The second-order valence-corrected chi connectivity index (χ2v) is 6.55. The summed E-state index contributed by atoms with van der Waals surface area (Å²) < 4.78 is 49.0. The van der Waals surface area contributed by atoms with E-state index in [2.05, 4.69) is 5.32 Å². The van der Waals surface area contributed by atoms with E-state index in [1.807, 2.05) is 0 Å². The van der Waals surface area contributed by atoms with Crippen molar-refractivity contribution in [2.75, 3.05) is 33.0 Å². The number of carbonyl (C=O) groups excluding carboxylic acids is 1. The number of ether oxygens (including phenoxy) is 2. The first-order valence-electron chi connectivity index (χ1n) is 8.46. The van der Waals surface area contributed by atoms with Crippen molar-refractivity contribution in [2.45, 2.75) is 44.7 Å². The molecule has 1 saturated heterocycles. The maximum atomic E-state index is 12.7. The number of amides is 1. The SMILES string of the molecule is O=C(NCCCOCC1CCOC1)C1CCCC(C(F)(F)F)C1. The average molecular weight is 337 g/mol. The van der Waals surface area contributed by atoms with Gasteiger partial charge in [0.1, 0.15) is 0 Å². The number of nitrogens with one attached hydrogen (secondary N) is 1. The van der Waals surface area contributed by atoms with Crippen LogP contribution in [-0.4, -0.2) is 45.1 Å². The van der Waals surface area contributed by atoms with Gasteiger partial charge in [-0.15, -0.1) is 0 Å². The number of alkyl halides is 3. The smallest absolute Gasteiger partial charge is 0.381 e. The zero-order chi connectivity index (χ0) is 16.7. The van der Waals surface area contributed by atoms with E-state index in [0.717, 1.165) is 19.6 Å². The standard InChI is InChI=1S/C16H26F3NO3/c17-16(18,19)14-4-1-3-13(9-14)15(21)20-6-2-7-22-10-12-5-8-23-11-12/h12-14H,1-11H2,(H,20,21). The number of hydrogen-bond acceptors (Lipinski definition) is 3. The zero-order valence-electron chi connectivity index (χ0n) is 13.4. The highest BCUT2D eigenvalue weighted by Gasteiger charge is 2.43. The molecule has 2 aliphatic rings. The van der Waals surface area contributed by atoms with Crippen molar-refractivity contribution in [3.05, 3.63) is 0 Å². The van der Waals surface area contributed by atoms with Crippen molar-refractivity contribution in [2.24, 2.45) is 17.8 Å². The maximum Gasteiger partial charge on any atom is 0.391 e. The molecule has 3 atom stereocenters. The summed E-state index contributed by atoms with van der Waals surface area (Å²) >= 11 is 0. The fraction of sp³-hybridized carbons (Fsp3) is 0.938. The van der Waals surface area contributed by atoms with Crippen LogP contribution < -0.4 is 5.32 Å². The highest BCUT2D eigenvalue weighted by atomic mass is 19.4. The van der Waals surface area contributed by atoms with Gasteiger partial charge in [-0.05, 0) is 32.1 Å². The minimum absolute atomic E-state index is 0.0759. The van der Waals surface area contributed by atoms with Crippen LogP contribution in [0.15, 0.2) is 0 Å². The van der Waals surface area contributed by atoms with E-state index in [0.29, 0.717) is 44.9 Å². The molecule has 2 fully saturated rings. The van der Waals surface area contributed by atoms with Gasteiger partial charge in [-0.2, -0.15) is 13.2 Å². The predicted molar refractivity (Wildman–Crippen MR) is 78.9 cm³/mol. The summed E-state index contributed by atoms with van der Waals surface area (Å²) in [5.74, 6) is -1.62. The lowest BCUT2D eigenvalue weighted by Gasteiger charge is -2.29. The van der Waals surface area contributed by atoms with Gasteiger partial charge in [-0.1, -0.05) is 6.42 Å². The zero-order valence-corrected chi connectivity index (χ0v) is 13.4. The van der Waals surface area contributed by atoms with Crippen molar-refractivity contribution in [1.82, 2.24) is 5.32 Å². The first-order chi connectivity index (χ1) is 11.0. The van der Waals surface area contributed by atoms with Crippen LogP contribution in [0.2, 0.25) is 0 Å². The van der Waals surface area contributed by atoms with Gasteiger partial charge in [0, 0.05) is 31.6 Å². The largest absolute Gasteiger partial charge is 0.391 e. The van der Waals surface area contributed by atoms with Gasteiger partial charge >= 0.3 is 6.18 Å². The lowest BCUT2D eigenvalue weighted by molar-refractivity contribution is -0.186. The number of hydrogen-bond donors (Lipinski definition) is 1. The third-order valence-electron chi connectivity index (χ3n) is 4.65. The highest BCUT2D eigenvalue weighted by molar-refractivity contribution is 5.78. The van der Waals surface area contributed by atoms with Gasteiger partial charge in [0.05, 0.1) is 19.1 Å². The van der Waals surface area contributed by atoms with Gasteiger partial charge in [0.25, 0.3) is 0 Å². The van der Waals surface area contributed by atoms with Crippen LogP contribution in [0.25, 0.3) is 0 Å². The minimum atomic E-state index is -4.18. The van der Waals surface area contributed by atoms with E-state index in [1.54, 1.807) is 0 Å². The molecular formula is C16H26F3NO3. The van der Waals surface area contributed by atoms with E-state index in [1.165, 1.54) is 0 Å². The van der Waals surface area contributed by atoms with E-state index >= 15 is 0 Å². The molecule has 1 N–H and O–H groups in total. The Morgan fingerprint density at radius 2 is 2.09 bits per heavy atom. The third kappa shape index (κ3) is 6.30. The molecule has 1 saturated carbocycles. The third-order valence-corrected chi connectivity index (χ3v) is 4.65. The van der Waals surface area contributed by atoms with Crippen molar-refractivity contribution in [3.8, 4) is 0 Å². The molecule has 0 aromatic heterocycles.